The Morgan fingerprint density at radius 2 is 2.22 bits per heavy atom. The van der Waals surface area contributed by atoms with Crippen LogP contribution in [0.4, 0.5) is 0 Å². The minimum atomic E-state index is -0.832. The Bertz CT molecular complexity index is 485. The second-order valence-corrected chi connectivity index (χ2v) is 6.10. The lowest BCUT2D eigenvalue weighted by Crippen LogP contribution is -2.41. The number of carboxylic acids is 1. The van der Waals surface area contributed by atoms with Gasteiger partial charge in [0.25, 0.3) is 0 Å². The Morgan fingerprint density at radius 3 is 2.83 bits per heavy atom. The number of hydrogen-bond donors (Lipinski definition) is 2. The molecule has 1 aromatic carbocycles. The quantitative estimate of drug-likeness (QED) is 0.885. The third-order valence-electron chi connectivity index (χ3n) is 3.63. The van der Waals surface area contributed by atoms with E-state index >= 15 is 0 Å². The van der Waals surface area contributed by atoms with Crippen LogP contribution in [0.15, 0.2) is 18.2 Å². The van der Waals surface area contributed by atoms with E-state index in [0.717, 1.165) is 12.0 Å². The van der Waals surface area contributed by atoms with Crippen LogP contribution in [0.2, 0.25) is 5.02 Å². The molecular weight excluding hydrogens is 250 g/mol. The maximum Gasteiger partial charge on any atom is 0.320 e. The van der Waals surface area contributed by atoms with Gasteiger partial charge in [-0.25, -0.2) is 0 Å². The lowest BCUT2D eigenvalue weighted by atomic mass is 9.85. The minimum Gasteiger partial charge on any atom is -0.480 e. The van der Waals surface area contributed by atoms with E-state index in [9.17, 15) is 4.79 Å². The van der Waals surface area contributed by atoms with Crippen molar-refractivity contribution in [3.8, 4) is 0 Å². The summed E-state index contributed by atoms with van der Waals surface area (Å²) in [5.41, 5.74) is 2.37. The van der Waals surface area contributed by atoms with Crippen LogP contribution >= 0.6 is 11.6 Å². The topological polar surface area (TPSA) is 49.3 Å². The zero-order valence-corrected chi connectivity index (χ0v) is 11.6. The number of aliphatic carboxylic acids is 1. The molecule has 4 heteroatoms. The summed E-state index contributed by atoms with van der Waals surface area (Å²) in [6.45, 7) is 5.96. The van der Waals surface area contributed by atoms with Crippen molar-refractivity contribution in [3.63, 3.8) is 0 Å². The number of rotatable bonds is 3. The van der Waals surface area contributed by atoms with E-state index in [4.69, 9.17) is 16.7 Å². The van der Waals surface area contributed by atoms with Gasteiger partial charge in [-0.05, 0) is 42.0 Å². The van der Waals surface area contributed by atoms with Crippen LogP contribution in [0.1, 0.15) is 37.9 Å². The van der Waals surface area contributed by atoms with Gasteiger partial charge in [-0.2, -0.15) is 0 Å². The van der Waals surface area contributed by atoms with Crippen LogP contribution < -0.4 is 5.32 Å². The molecule has 0 amide bonds. The fourth-order valence-corrected chi connectivity index (χ4v) is 2.83. The summed E-state index contributed by atoms with van der Waals surface area (Å²) in [6, 6.07) is 5.32. The lowest BCUT2D eigenvalue weighted by molar-refractivity contribution is -0.139. The Hall–Kier alpha value is -1.06. The van der Waals surface area contributed by atoms with Crippen LogP contribution in [-0.2, 0) is 11.2 Å². The van der Waals surface area contributed by atoms with Gasteiger partial charge in [-0.3, -0.25) is 10.1 Å². The summed E-state index contributed by atoms with van der Waals surface area (Å²) < 4.78 is 0. The van der Waals surface area contributed by atoms with Crippen molar-refractivity contribution in [2.24, 2.45) is 5.41 Å². The van der Waals surface area contributed by atoms with E-state index in [2.05, 4.69) is 19.2 Å². The van der Waals surface area contributed by atoms with Crippen molar-refractivity contribution < 1.29 is 9.90 Å². The summed E-state index contributed by atoms with van der Waals surface area (Å²) in [4.78, 5) is 11.0. The lowest BCUT2D eigenvalue weighted by Gasteiger charge is -2.30. The van der Waals surface area contributed by atoms with E-state index in [-0.39, 0.29) is 11.5 Å². The molecule has 0 saturated carbocycles. The first-order chi connectivity index (χ1) is 8.31. The van der Waals surface area contributed by atoms with E-state index in [1.54, 1.807) is 6.92 Å². The second kappa shape index (κ2) is 4.56. The van der Waals surface area contributed by atoms with Gasteiger partial charge >= 0.3 is 5.97 Å². The molecule has 3 nitrogen and oxygen atoms in total. The van der Waals surface area contributed by atoms with E-state index in [1.807, 2.05) is 18.2 Å². The zero-order valence-electron chi connectivity index (χ0n) is 10.8. The molecule has 2 N–H and O–H groups in total. The fourth-order valence-electron chi connectivity index (χ4n) is 2.65. The summed E-state index contributed by atoms with van der Waals surface area (Å²) >= 11 is 6.04. The maximum absolute atomic E-state index is 11.0. The van der Waals surface area contributed by atoms with Gasteiger partial charge in [0.15, 0.2) is 0 Å². The predicted molar refractivity (Wildman–Crippen MR) is 71.9 cm³/mol. The molecular formula is C14H18ClNO2. The number of benzene rings is 1. The van der Waals surface area contributed by atoms with E-state index in [1.165, 1.54) is 5.56 Å². The van der Waals surface area contributed by atoms with Crippen molar-refractivity contribution in [3.05, 3.63) is 34.3 Å². The number of carboxylic acid groups (broad SMARTS) is 1. The average molecular weight is 268 g/mol. The first-order valence-corrected chi connectivity index (χ1v) is 6.46. The standard InChI is InChI=1S/C14H18ClNO2/c1-8(13(17)18)16-12-11-6-10(15)5-4-9(11)7-14(12,2)3/h4-6,8,12,16H,7H2,1-3H3,(H,17,18). The van der Waals surface area contributed by atoms with Crippen molar-refractivity contribution >= 4 is 17.6 Å². The van der Waals surface area contributed by atoms with Crippen LogP contribution in [0.5, 0.6) is 0 Å². The van der Waals surface area contributed by atoms with Gasteiger partial charge in [0.2, 0.25) is 0 Å². The molecule has 0 aromatic heterocycles. The highest BCUT2D eigenvalue weighted by Crippen LogP contribution is 2.46. The first kappa shape index (κ1) is 13.4. The molecule has 1 aliphatic carbocycles. The zero-order chi connectivity index (χ0) is 13.5. The van der Waals surface area contributed by atoms with Crippen LogP contribution in [0, 0.1) is 5.41 Å². The van der Waals surface area contributed by atoms with Gasteiger partial charge < -0.3 is 5.11 Å². The van der Waals surface area contributed by atoms with Gasteiger partial charge in [-0.1, -0.05) is 31.5 Å². The predicted octanol–water partition coefficient (Wildman–Crippen LogP) is 3.03. The van der Waals surface area contributed by atoms with E-state index < -0.39 is 12.0 Å². The Labute approximate surface area is 112 Å². The number of halogens is 1. The molecule has 1 aromatic rings. The molecule has 18 heavy (non-hydrogen) atoms. The maximum atomic E-state index is 11.0. The summed E-state index contributed by atoms with van der Waals surface area (Å²) in [5.74, 6) is -0.832. The SMILES string of the molecule is CC(NC1c2cc(Cl)ccc2CC1(C)C)C(=O)O. The number of fused-ring (bicyclic) bond motifs is 1. The van der Waals surface area contributed by atoms with E-state index in [0.29, 0.717) is 5.02 Å². The minimum absolute atomic E-state index is 0.00325. The van der Waals surface area contributed by atoms with Crippen LogP contribution in [-0.4, -0.2) is 17.1 Å². The molecule has 0 radical (unpaired) electrons. The van der Waals surface area contributed by atoms with Crippen molar-refractivity contribution in [1.29, 1.82) is 0 Å². The van der Waals surface area contributed by atoms with Gasteiger partial charge in [-0.15, -0.1) is 0 Å². The van der Waals surface area contributed by atoms with Gasteiger partial charge in [0, 0.05) is 11.1 Å². The second-order valence-electron chi connectivity index (χ2n) is 5.67. The monoisotopic (exact) mass is 267 g/mol. The molecule has 2 atom stereocenters. The average Bonchev–Trinajstić information content (AvgIpc) is 2.50. The molecule has 2 unspecified atom stereocenters. The molecule has 0 bridgehead atoms. The van der Waals surface area contributed by atoms with Crippen molar-refractivity contribution in [2.75, 3.05) is 0 Å². The third-order valence-corrected chi connectivity index (χ3v) is 3.87. The molecule has 0 aliphatic heterocycles. The molecule has 2 rings (SSSR count). The molecule has 0 spiro atoms. The smallest absolute Gasteiger partial charge is 0.320 e. The van der Waals surface area contributed by atoms with Crippen molar-refractivity contribution in [1.82, 2.24) is 5.32 Å². The normalized spacial score (nSPS) is 22.6. The van der Waals surface area contributed by atoms with Crippen LogP contribution in [0.25, 0.3) is 0 Å². The Kier molecular flexibility index (Phi) is 3.39. The molecule has 0 heterocycles. The number of carbonyl (C=O) groups is 1. The highest BCUT2D eigenvalue weighted by atomic mass is 35.5. The molecule has 1 aliphatic rings. The molecule has 0 fully saturated rings. The molecule has 98 valence electrons. The number of hydrogen-bond acceptors (Lipinski definition) is 2. The third kappa shape index (κ3) is 2.38. The first-order valence-electron chi connectivity index (χ1n) is 6.08. The van der Waals surface area contributed by atoms with Gasteiger partial charge in [0.05, 0.1) is 0 Å². The van der Waals surface area contributed by atoms with Crippen molar-refractivity contribution in [2.45, 2.75) is 39.3 Å². The Balaban J connectivity index is 2.34. The van der Waals surface area contributed by atoms with Gasteiger partial charge in [0.1, 0.15) is 6.04 Å². The largest absolute Gasteiger partial charge is 0.480 e. The number of nitrogens with one attached hydrogen (secondary N) is 1. The summed E-state index contributed by atoms with van der Waals surface area (Å²) in [7, 11) is 0. The summed E-state index contributed by atoms with van der Waals surface area (Å²) in [5, 5.41) is 12.9. The fraction of sp³-hybridized carbons (Fsp3) is 0.500. The summed E-state index contributed by atoms with van der Waals surface area (Å²) in [6.07, 6.45) is 0.934. The van der Waals surface area contributed by atoms with Crippen LogP contribution in [0.3, 0.4) is 0 Å². The highest BCUT2D eigenvalue weighted by molar-refractivity contribution is 6.30. The highest BCUT2D eigenvalue weighted by Gasteiger charge is 2.40. The molecule has 0 saturated heterocycles. The Morgan fingerprint density at radius 1 is 1.56 bits per heavy atom.